The van der Waals surface area contributed by atoms with E-state index in [2.05, 4.69) is 0 Å². The molecule has 0 aromatic heterocycles. The number of ether oxygens (including phenoxy) is 4. The Hall–Kier alpha value is -5.69. The summed E-state index contributed by atoms with van der Waals surface area (Å²) < 4.78 is 22.3. The van der Waals surface area contributed by atoms with E-state index in [1.54, 1.807) is 12.1 Å². The molecule has 0 heterocycles. The first kappa shape index (κ1) is 30.8. The van der Waals surface area contributed by atoms with Gasteiger partial charge in [-0.15, -0.1) is 0 Å². The number of hydrogen-bond acceptors (Lipinski definition) is 7. The smallest absolute Gasteiger partial charge is 0.337 e. The number of hydrogen-bond donors (Lipinski definition) is 0. The molecule has 0 amide bonds. The van der Waals surface area contributed by atoms with Crippen LogP contribution in [-0.2, 0) is 30.4 Å². The highest BCUT2D eigenvalue weighted by molar-refractivity contribution is 5.90. The van der Waals surface area contributed by atoms with Gasteiger partial charge in [-0.2, -0.15) is 0 Å². The van der Waals surface area contributed by atoms with E-state index in [1.807, 2.05) is 116 Å². The summed E-state index contributed by atoms with van der Waals surface area (Å²) in [5.41, 5.74) is 7.06. The van der Waals surface area contributed by atoms with E-state index in [9.17, 15) is 14.4 Å². The molecule has 0 saturated heterocycles. The van der Waals surface area contributed by atoms with Crippen molar-refractivity contribution >= 4 is 18.9 Å². The van der Waals surface area contributed by atoms with Crippen LogP contribution >= 0.6 is 0 Å². The van der Waals surface area contributed by atoms with Crippen molar-refractivity contribution in [3.63, 3.8) is 0 Å². The van der Waals surface area contributed by atoms with Crippen LogP contribution in [0.1, 0.15) is 55.9 Å². The van der Waals surface area contributed by atoms with Gasteiger partial charge in [-0.3, -0.25) is 9.59 Å². The molecule has 5 aromatic rings. The quantitative estimate of drug-likeness (QED) is 0.0783. The Morgan fingerprint density at radius 3 is 1.93 bits per heavy atom. The summed E-state index contributed by atoms with van der Waals surface area (Å²) in [5, 5.41) is 0. The third-order valence-electron chi connectivity index (χ3n) is 7.50. The van der Waals surface area contributed by atoms with Crippen molar-refractivity contribution in [1.29, 1.82) is 0 Å². The van der Waals surface area contributed by atoms with Crippen LogP contribution in [0, 0.1) is 6.92 Å². The van der Waals surface area contributed by atoms with Crippen molar-refractivity contribution in [3.8, 4) is 16.9 Å². The van der Waals surface area contributed by atoms with Crippen molar-refractivity contribution in [3.05, 3.63) is 160 Å². The standard InChI is InChI=1S/C38H32O7/c1-26-20-31(38(41)42-2)17-19-33(26)30-14-9-15-32(22-30)43-23-27-16-18-34(36(44-24-39)28-10-5-3-6-11-28)35(21-27)37(45-25-40)29-12-7-4-8-13-29/h3-22,24-25,36-37H,23H2,1-2H3. The molecule has 226 valence electrons. The van der Waals surface area contributed by atoms with E-state index in [0.717, 1.165) is 33.4 Å². The van der Waals surface area contributed by atoms with Crippen molar-refractivity contribution in [2.75, 3.05) is 7.11 Å². The molecule has 0 bridgehead atoms. The van der Waals surface area contributed by atoms with Crippen LogP contribution in [0.15, 0.2) is 121 Å². The minimum absolute atomic E-state index is 0.226. The first-order valence-corrected chi connectivity index (χ1v) is 14.4. The van der Waals surface area contributed by atoms with Gasteiger partial charge in [-0.05, 0) is 70.6 Å². The maximum Gasteiger partial charge on any atom is 0.337 e. The average molecular weight is 601 g/mol. The topological polar surface area (TPSA) is 88.1 Å². The van der Waals surface area contributed by atoms with E-state index in [4.69, 9.17) is 18.9 Å². The molecule has 0 spiro atoms. The number of benzene rings is 5. The number of carbonyl (C=O) groups is 3. The Kier molecular flexibility index (Phi) is 10.0. The first-order valence-electron chi connectivity index (χ1n) is 14.4. The number of carbonyl (C=O) groups excluding carboxylic acids is 3. The summed E-state index contributed by atoms with van der Waals surface area (Å²) in [4.78, 5) is 35.3. The van der Waals surface area contributed by atoms with Crippen molar-refractivity contribution in [2.45, 2.75) is 25.7 Å². The molecular formula is C38H32O7. The Morgan fingerprint density at radius 1 is 0.689 bits per heavy atom. The molecule has 0 aliphatic rings. The minimum atomic E-state index is -0.751. The lowest BCUT2D eigenvalue weighted by Crippen LogP contribution is -2.14. The molecule has 7 heteroatoms. The van der Waals surface area contributed by atoms with Gasteiger partial charge in [0, 0.05) is 11.1 Å². The van der Waals surface area contributed by atoms with Gasteiger partial charge in [0.05, 0.1) is 12.7 Å². The second kappa shape index (κ2) is 14.7. The molecular weight excluding hydrogens is 568 g/mol. The van der Waals surface area contributed by atoms with E-state index in [-0.39, 0.29) is 12.6 Å². The Bertz CT molecular complexity index is 1770. The monoisotopic (exact) mass is 600 g/mol. The van der Waals surface area contributed by atoms with Crippen molar-refractivity contribution < 1.29 is 33.3 Å². The van der Waals surface area contributed by atoms with Crippen LogP contribution in [0.3, 0.4) is 0 Å². The van der Waals surface area contributed by atoms with Gasteiger partial charge in [0.1, 0.15) is 12.4 Å². The molecule has 0 fully saturated rings. The van der Waals surface area contributed by atoms with Gasteiger partial charge in [-0.1, -0.05) is 91.0 Å². The summed E-state index contributed by atoms with van der Waals surface area (Å²) in [5.74, 6) is 0.276. The largest absolute Gasteiger partial charge is 0.489 e. The lowest BCUT2D eigenvalue weighted by molar-refractivity contribution is -0.134. The molecule has 0 aliphatic heterocycles. The fraction of sp³-hybridized carbons (Fsp3) is 0.132. The molecule has 0 radical (unpaired) electrons. The van der Waals surface area contributed by atoms with E-state index in [1.165, 1.54) is 7.11 Å². The second-order valence-corrected chi connectivity index (χ2v) is 10.3. The molecule has 5 rings (SSSR count). The fourth-order valence-corrected chi connectivity index (χ4v) is 5.36. The third kappa shape index (κ3) is 7.28. The normalized spacial score (nSPS) is 12.0. The SMILES string of the molecule is COC(=O)c1ccc(-c2cccc(OCc3ccc(C(OC=O)c4ccccc4)c(C(OC=O)c4ccccc4)c3)c2)c(C)c1. The Balaban J connectivity index is 1.48. The maximum atomic E-state index is 11.9. The van der Waals surface area contributed by atoms with E-state index >= 15 is 0 Å². The average Bonchev–Trinajstić information content (AvgIpc) is 3.09. The van der Waals surface area contributed by atoms with Crippen LogP contribution in [0.5, 0.6) is 5.75 Å². The van der Waals surface area contributed by atoms with Crippen LogP contribution in [0.25, 0.3) is 11.1 Å². The molecule has 0 N–H and O–H groups in total. The number of methoxy groups -OCH3 is 1. The van der Waals surface area contributed by atoms with Gasteiger partial charge < -0.3 is 18.9 Å². The summed E-state index contributed by atoms with van der Waals surface area (Å²) >= 11 is 0. The predicted octanol–water partition coefficient (Wildman–Crippen LogP) is 7.55. The lowest BCUT2D eigenvalue weighted by atomic mass is 9.89. The van der Waals surface area contributed by atoms with Crippen LogP contribution in [0.2, 0.25) is 0 Å². The van der Waals surface area contributed by atoms with Crippen LogP contribution in [-0.4, -0.2) is 26.0 Å². The molecule has 5 aromatic carbocycles. The summed E-state index contributed by atoms with van der Waals surface area (Å²) in [7, 11) is 1.36. The highest BCUT2D eigenvalue weighted by Gasteiger charge is 2.26. The minimum Gasteiger partial charge on any atom is -0.489 e. The molecule has 0 aliphatic carbocycles. The van der Waals surface area contributed by atoms with E-state index in [0.29, 0.717) is 35.4 Å². The van der Waals surface area contributed by atoms with Gasteiger partial charge in [0.15, 0.2) is 12.2 Å². The molecule has 2 atom stereocenters. The predicted molar refractivity (Wildman–Crippen MR) is 170 cm³/mol. The zero-order valence-electron chi connectivity index (χ0n) is 24.9. The van der Waals surface area contributed by atoms with Gasteiger partial charge >= 0.3 is 5.97 Å². The molecule has 2 unspecified atom stereocenters. The Morgan fingerprint density at radius 2 is 1.33 bits per heavy atom. The van der Waals surface area contributed by atoms with Crippen LogP contribution in [0.4, 0.5) is 0 Å². The molecule has 45 heavy (non-hydrogen) atoms. The van der Waals surface area contributed by atoms with Gasteiger partial charge in [0.25, 0.3) is 12.9 Å². The highest BCUT2D eigenvalue weighted by Crippen LogP contribution is 2.36. The third-order valence-corrected chi connectivity index (χ3v) is 7.50. The summed E-state index contributed by atoms with van der Waals surface area (Å²) in [6.07, 6.45) is -1.47. The molecule has 7 nitrogen and oxygen atoms in total. The zero-order valence-corrected chi connectivity index (χ0v) is 24.9. The van der Waals surface area contributed by atoms with Gasteiger partial charge in [0.2, 0.25) is 0 Å². The molecule has 0 saturated carbocycles. The number of esters is 1. The summed E-state index contributed by atoms with van der Waals surface area (Å²) in [6, 6.07) is 37.7. The Labute approximate surface area is 262 Å². The second-order valence-electron chi connectivity index (χ2n) is 10.3. The number of rotatable bonds is 13. The van der Waals surface area contributed by atoms with Gasteiger partial charge in [-0.25, -0.2) is 4.79 Å². The van der Waals surface area contributed by atoms with Crippen molar-refractivity contribution in [1.82, 2.24) is 0 Å². The van der Waals surface area contributed by atoms with Crippen LogP contribution < -0.4 is 4.74 Å². The van der Waals surface area contributed by atoms with E-state index < -0.39 is 12.2 Å². The lowest BCUT2D eigenvalue weighted by Gasteiger charge is -2.25. The zero-order chi connectivity index (χ0) is 31.6. The van der Waals surface area contributed by atoms with Crippen molar-refractivity contribution in [2.24, 2.45) is 0 Å². The summed E-state index contributed by atoms with van der Waals surface area (Å²) in [6.45, 7) is 3.02. The fourth-order valence-electron chi connectivity index (χ4n) is 5.36. The first-order chi connectivity index (χ1) is 22.0. The number of aryl methyl sites for hydroxylation is 1. The highest BCUT2D eigenvalue weighted by atomic mass is 16.5. The maximum absolute atomic E-state index is 11.9.